The summed E-state index contributed by atoms with van der Waals surface area (Å²) in [7, 11) is 0. The van der Waals surface area contributed by atoms with Gasteiger partial charge in [-0.2, -0.15) is 0 Å². The van der Waals surface area contributed by atoms with E-state index < -0.39 is 5.54 Å². The van der Waals surface area contributed by atoms with Crippen LogP contribution in [0.3, 0.4) is 0 Å². The Bertz CT molecular complexity index is 225. The smallest absolute Gasteiger partial charge is 0.332 e. The predicted octanol–water partition coefficient (Wildman–Crippen LogP) is 0.124. The minimum Gasteiger partial charge on any atom is -0.464 e. The molecule has 0 aromatic rings. The normalized spacial score (nSPS) is 15.8. The van der Waals surface area contributed by atoms with Crippen LogP contribution in [0.25, 0.3) is 0 Å². The summed E-state index contributed by atoms with van der Waals surface area (Å²) in [5, 5.41) is 1.66. The highest BCUT2D eigenvalue weighted by Crippen LogP contribution is 2.15. The molecular formula is C8H15N3O2. The van der Waals surface area contributed by atoms with Gasteiger partial charge in [-0.3, -0.25) is 5.01 Å². The van der Waals surface area contributed by atoms with Crippen molar-refractivity contribution in [3.8, 4) is 0 Å². The van der Waals surface area contributed by atoms with Gasteiger partial charge in [-0.25, -0.2) is 4.79 Å². The van der Waals surface area contributed by atoms with Crippen molar-refractivity contribution in [2.75, 3.05) is 6.61 Å². The molecule has 0 aliphatic carbocycles. The third-order valence-electron chi connectivity index (χ3n) is 1.87. The summed E-state index contributed by atoms with van der Waals surface area (Å²) in [4.78, 5) is 11.5. The number of rotatable bonds is 3. The molecule has 5 nitrogen and oxygen atoms in total. The highest BCUT2D eigenvalue weighted by atomic mass is 16.5. The van der Waals surface area contributed by atoms with Gasteiger partial charge in [0.05, 0.1) is 6.61 Å². The summed E-state index contributed by atoms with van der Waals surface area (Å²) < 4.78 is 4.94. The van der Waals surface area contributed by atoms with E-state index in [1.165, 1.54) is 0 Å². The molecule has 0 unspecified atom stereocenters. The van der Waals surface area contributed by atoms with Crippen molar-refractivity contribution in [1.82, 2.24) is 16.0 Å². The maximum Gasteiger partial charge on any atom is 0.332 e. The lowest BCUT2D eigenvalue weighted by molar-refractivity contribution is -0.155. The molecule has 13 heavy (non-hydrogen) atoms. The number of nitrogens with one attached hydrogen (secondary N) is 2. The Labute approximate surface area is 77.7 Å². The van der Waals surface area contributed by atoms with Crippen LogP contribution >= 0.6 is 0 Å². The van der Waals surface area contributed by atoms with Crippen molar-refractivity contribution in [3.63, 3.8) is 0 Å². The van der Waals surface area contributed by atoms with E-state index in [-0.39, 0.29) is 5.97 Å². The van der Waals surface area contributed by atoms with E-state index in [2.05, 4.69) is 11.0 Å². The van der Waals surface area contributed by atoms with E-state index in [0.717, 1.165) is 0 Å². The van der Waals surface area contributed by atoms with Crippen LogP contribution in [-0.4, -0.2) is 23.1 Å². The Hall–Kier alpha value is -1.23. The van der Waals surface area contributed by atoms with Gasteiger partial charge in [0.1, 0.15) is 5.54 Å². The number of hydrogen-bond acceptors (Lipinski definition) is 5. The van der Waals surface area contributed by atoms with Crippen LogP contribution in [0.4, 0.5) is 0 Å². The largest absolute Gasteiger partial charge is 0.464 e. The Morgan fingerprint density at radius 2 is 2.31 bits per heavy atom. The molecule has 0 aromatic carbocycles. The van der Waals surface area contributed by atoms with Crippen LogP contribution in [-0.2, 0) is 9.53 Å². The van der Waals surface area contributed by atoms with Crippen molar-refractivity contribution in [3.05, 3.63) is 12.4 Å². The molecule has 1 aliphatic heterocycles. The van der Waals surface area contributed by atoms with E-state index >= 15 is 0 Å². The van der Waals surface area contributed by atoms with Gasteiger partial charge in [0.2, 0.25) is 0 Å². The monoisotopic (exact) mass is 185 g/mol. The van der Waals surface area contributed by atoms with E-state index in [1.54, 1.807) is 38.2 Å². The van der Waals surface area contributed by atoms with Gasteiger partial charge in [-0.15, -0.1) is 5.53 Å². The number of hydrogen-bond donors (Lipinski definition) is 2. The third kappa shape index (κ3) is 1.92. The molecule has 74 valence electrons. The minimum atomic E-state index is -0.698. The zero-order valence-corrected chi connectivity index (χ0v) is 8.13. The predicted molar refractivity (Wildman–Crippen MR) is 48.0 cm³/mol. The van der Waals surface area contributed by atoms with Gasteiger partial charge in [0.15, 0.2) is 0 Å². The fourth-order valence-corrected chi connectivity index (χ4v) is 0.988. The second kappa shape index (κ2) is 3.66. The molecule has 0 radical (unpaired) electrons. The lowest BCUT2D eigenvalue weighted by Crippen LogP contribution is -2.54. The molecule has 0 spiro atoms. The molecular weight excluding hydrogens is 170 g/mol. The first-order valence-corrected chi connectivity index (χ1v) is 4.23. The molecule has 1 heterocycles. The summed E-state index contributed by atoms with van der Waals surface area (Å²) >= 11 is 0. The highest BCUT2D eigenvalue weighted by Gasteiger charge is 2.35. The second-order valence-corrected chi connectivity index (χ2v) is 3.22. The van der Waals surface area contributed by atoms with Crippen molar-refractivity contribution >= 4 is 5.97 Å². The molecule has 5 heteroatoms. The van der Waals surface area contributed by atoms with Gasteiger partial charge in [-0.1, -0.05) is 0 Å². The zero-order valence-electron chi connectivity index (χ0n) is 8.13. The standard InChI is InChI=1S/C8H15N3O2/c1-4-13-7(12)8(2,3)11-6-5-9-10-11/h5-6,9-10H,4H2,1-3H3. The molecule has 0 amide bonds. The van der Waals surface area contributed by atoms with Gasteiger partial charge in [0, 0.05) is 12.4 Å². The summed E-state index contributed by atoms with van der Waals surface area (Å²) in [6.45, 7) is 5.76. The second-order valence-electron chi connectivity index (χ2n) is 3.22. The molecule has 0 saturated carbocycles. The fraction of sp³-hybridized carbons (Fsp3) is 0.625. The average Bonchev–Trinajstić information content (AvgIpc) is 2.56. The van der Waals surface area contributed by atoms with Gasteiger partial charge < -0.3 is 10.2 Å². The Balaban J connectivity index is 2.63. The van der Waals surface area contributed by atoms with Gasteiger partial charge in [-0.05, 0) is 20.8 Å². The maximum atomic E-state index is 11.5. The lowest BCUT2D eigenvalue weighted by atomic mass is 10.1. The van der Waals surface area contributed by atoms with Crippen molar-refractivity contribution < 1.29 is 9.53 Å². The first kappa shape index (κ1) is 9.85. The van der Waals surface area contributed by atoms with Crippen LogP contribution in [0.2, 0.25) is 0 Å². The molecule has 1 rings (SSSR count). The van der Waals surface area contributed by atoms with E-state index in [0.29, 0.717) is 6.61 Å². The van der Waals surface area contributed by atoms with Crippen molar-refractivity contribution in [1.29, 1.82) is 0 Å². The number of nitrogens with zero attached hydrogens (tertiary/aromatic N) is 1. The first-order chi connectivity index (χ1) is 6.09. The first-order valence-electron chi connectivity index (χ1n) is 4.23. The summed E-state index contributed by atoms with van der Waals surface area (Å²) in [6, 6.07) is 0. The summed E-state index contributed by atoms with van der Waals surface area (Å²) in [5.74, 6) is -0.254. The topological polar surface area (TPSA) is 53.6 Å². The van der Waals surface area contributed by atoms with E-state index in [1.807, 2.05) is 0 Å². The van der Waals surface area contributed by atoms with Crippen molar-refractivity contribution in [2.24, 2.45) is 0 Å². The zero-order chi connectivity index (χ0) is 9.90. The Kier molecular flexibility index (Phi) is 2.77. The Morgan fingerprint density at radius 3 is 2.77 bits per heavy atom. The van der Waals surface area contributed by atoms with Gasteiger partial charge >= 0.3 is 5.97 Å². The third-order valence-corrected chi connectivity index (χ3v) is 1.87. The molecule has 0 bridgehead atoms. The number of esters is 1. The minimum absolute atomic E-state index is 0.254. The van der Waals surface area contributed by atoms with Gasteiger partial charge in [0.25, 0.3) is 0 Å². The molecule has 0 fully saturated rings. The lowest BCUT2D eigenvalue weighted by Gasteiger charge is -2.31. The van der Waals surface area contributed by atoms with Crippen LogP contribution in [0.1, 0.15) is 20.8 Å². The van der Waals surface area contributed by atoms with Crippen molar-refractivity contribution in [2.45, 2.75) is 26.3 Å². The maximum absolute atomic E-state index is 11.5. The summed E-state index contributed by atoms with van der Waals surface area (Å²) in [5.41, 5.74) is 4.87. The number of ether oxygens (including phenoxy) is 1. The van der Waals surface area contributed by atoms with E-state index in [4.69, 9.17) is 4.74 Å². The summed E-state index contributed by atoms with van der Waals surface area (Å²) in [6.07, 6.45) is 3.46. The quantitative estimate of drug-likeness (QED) is 0.612. The molecule has 0 saturated heterocycles. The number of hydrazine groups is 2. The molecule has 0 atom stereocenters. The van der Waals surface area contributed by atoms with E-state index in [9.17, 15) is 4.79 Å². The number of carbonyl (C=O) groups excluding carboxylic acids is 1. The van der Waals surface area contributed by atoms with Crippen LogP contribution < -0.4 is 11.0 Å². The fourth-order valence-electron chi connectivity index (χ4n) is 0.988. The number of carbonyl (C=O) groups is 1. The molecule has 1 aliphatic rings. The van der Waals surface area contributed by atoms with Crippen LogP contribution in [0.5, 0.6) is 0 Å². The molecule has 0 aromatic heterocycles. The average molecular weight is 185 g/mol. The SMILES string of the molecule is CCOC(=O)C(C)(C)N1C=CNN1. The van der Waals surface area contributed by atoms with Crippen LogP contribution in [0.15, 0.2) is 12.4 Å². The van der Waals surface area contributed by atoms with Crippen LogP contribution in [0, 0.1) is 0 Å². The molecule has 2 N–H and O–H groups in total. The highest BCUT2D eigenvalue weighted by molar-refractivity contribution is 5.79. The Morgan fingerprint density at radius 1 is 1.62 bits per heavy atom.